The van der Waals surface area contributed by atoms with Crippen molar-refractivity contribution in [2.24, 2.45) is 0 Å². The molecule has 3 rings (SSSR count). The number of amides is 1. The predicted molar refractivity (Wildman–Crippen MR) is 131 cm³/mol. The van der Waals surface area contributed by atoms with Crippen molar-refractivity contribution in [3.05, 3.63) is 60.4 Å². The number of rotatable bonds is 13. The Morgan fingerprint density at radius 1 is 1.06 bits per heavy atom. The standard InChI is InChI=1S/C25H32N4O3S/c1-4-20(5-2)26-24(30)18-33-25-28-27-23(29(25)15-16-31-3)17-32-22-14-10-9-13-21(22)19-11-7-6-8-12-19/h6-14,20H,4-5,15-18H2,1-3H3,(H,26,30). The Kier molecular flexibility index (Phi) is 9.77. The zero-order chi connectivity index (χ0) is 23.5. The fraction of sp³-hybridized carbons (Fsp3) is 0.400. The summed E-state index contributed by atoms with van der Waals surface area (Å²) in [5, 5.41) is 12.4. The summed E-state index contributed by atoms with van der Waals surface area (Å²) in [5.41, 5.74) is 2.11. The van der Waals surface area contributed by atoms with E-state index in [-0.39, 0.29) is 18.6 Å². The van der Waals surface area contributed by atoms with Crippen molar-refractivity contribution in [3.63, 3.8) is 0 Å². The lowest BCUT2D eigenvalue weighted by Crippen LogP contribution is -2.35. The Morgan fingerprint density at radius 2 is 1.79 bits per heavy atom. The number of benzene rings is 2. The van der Waals surface area contributed by atoms with E-state index in [1.54, 1.807) is 7.11 Å². The third kappa shape index (κ3) is 7.07. The Morgan fingerprint density at radius 3 is 2.52 bits per heavy atom. The van der Waals surface area contributed by atoms with Crippen LogP contribution in [0.1, 0.15) is 32.5 Å². The maximum atomic E-state index is 12.3. The summed E-state index contributed by atoms with van der Waals surface area (Å²) in [4.78, 5) is 12.3. The molecule has 0 saturated heterocycles. The van der Waals surface area contributed by atoms with Gasteiger partial charge >= 0.3 is 0 Å². The van der Waals surface area contributed by atoms with Crippen LogP contribution in [-0.2, 0) is 22.7 Å². The van der Waals surface area contributed by atoms with Crippen LogP contribution in [0.2, 0.25) is 0 Å². The first kappa shape index (κ1) is 24.8. The molecular formula is C25H32N4O3S. The van der Waals surface area contributed by atoms with E-state index in [4.69, 9.17) is 9.47 Å². The number of aromatic nitrogens is 3. The second-order valence-corrected chi connectivity index (χ2v) is 8.51. The van der Waals surface area contributed by atoms with Crippen molar-refractivity contribution in [2.75, 3.05) is 19.5 Å². The van der Waals surface area contributed by atoms with Crippen molar-refractivity contribution in [3.8, 4) is 16.9 Å². The average molecular weight is 469 g/mol. The van der Waals surface area contributed by atoms with E-state index >= 15 is 0 Å². The zero-order valence-electron chi connectivity index (χ0n) is 19.5. The van der Waals surface area contributed by atoms with Gasteiger partial charge in [-0.05, 0) is 24.5 Å². The Hall–Kier alpha value is -2.84. The topological polar surface area (TPSA) is 78.3 Å². The summed E-state index contributed by atoms with van der Waals surface area (Å²) in [6, 6.07) is 18.3. The molecule has 33 heavy (non-hydrogen) atoms. The van der Waals surface area contributed by atoms with E-state index in [0.717, 1.165) is 29.7 Å². The maximum Gasteiger partial charge on any atom is 0.230 e. The van der Waals surface area contributed by atoms with Crippen LogP contribution < -0.4 is 10.1 Å². The molecule has 0 aliphatic rings. The van der Waals surface area contributed by atoms with Crippen LogP contribution >= 0.6 is 11.8 Å². The van der Waals surface area contributed by atoms with Gasteiger partial charge in [0.2, 0.25) is 5.91 Å². The molecule has 0 fully saturated rings. The summed E-state index contributed by atoms with van der Waals surface area (Å²) in [6.07, 6.45) is 1.84. The predicted octanol–water partition coefficient (Wildman–Crippen LogP) is 4.57. The quantitative estimate of drug-likeness (QED) is 0.370. The van der Waals surface area contributed by atoms with E-state index < -0.39 is 0 Å². The Labute approximate surface area is 199 Å². The monoisotopic (exact) mass is 468 g/mol. The molecule has 1 aromatic heterocycles. The van der Waals surface area contributed by atoms with E-state index in [0.29, 0.717) is 29.9 Å². The summed E-state index contributed by atoms with van der Waals surface area (Å²) in [6.45, 7) is 5.51. The van der Waals surface area contributed by atoms with Gasteiger partial charge in [0.05, 0.1) is 12.4 Å². The van der Waals surface area contributed by atoms with Gasteiger partial charge in [0.25, 0.3) is 0 Å². The van der Waals surface area contributed by atoms with Gasteiger partial charge in [0.1, 0.15) is 12.4 Å². The number of hydrogen-bond acceptors (Lipinski definition) is 6. The number of ether oxygens (including phenoxy) is 2. The van der Waals surface area contributed by atoms with Gasteiger partial charge in [-0.1, -0.05) is 74.1 Å². The first-order chi connectivity index (χ1) is 16.2. The Balaban J connectivity index is 1.70. The van der Waals surface area contributed by atoms with E-state index in [2.05, 4.69) is 41.5 Å². The minimum absolute atomic E-state index is 0.00424. The van der Waals surface area contributed by atoms with Gasteiger partial charge in [-0.15, -0.1) is 10.2 Å². The molecule has 8 heteroatoms. The van der Waals surface area contributed by atoms with Crippen LogP contribution in [0.25, 0.3) is 11.1 Å². The number of para-hydroxylation sites is 1. The smallest absolute Gasteiger partial charge is 0.230 e. The third-order valence-electron chi connectivity index (χ3n) is 5.32. The van der Waals surface area contributed by atoms with Crippen molar-refractivity contribution >= 4 is 17.7 Å². The highest BCUT2D eigenvalue weighted by molar-refractivity contribution is 7.99. The molecule has 2 aromatic carbocycles. The number of nitrogens with zero attached hydrogens (tertiary/aromatic N) is 3. The van der Waals surface area contributed by atoms with Crippen LogP contribution in [0.15, 0.2) is 59.8 Å². The molecule has 0 atom stereocenters. The van der Waals surface area contributed by atoms with Gasteiger partial charge in [0.15, 0.2) is 11.0 Å². The fourth-order valence-corrected chi connectivity index (χ4v) is 4.22. The van der Waals surface area contributed by atoms with Crippen LogP contribution in [0.4, 0.5) is 0 Å². The van der Waals surface area contributed by atoms with Crippen molar-refractivity contribution < 1.29 is 14.3 Å². The van der Waals surface area contributed by atoms with E-state index in [1.807, 2.05) is 47.0 Å². The lowest BCUT2D eigenvalue weighted by Gasteiger charge is -2.15. The fourth-order valence-electron chi connectivity index (χ4n) is 3.42. The summed E-state index contributed by atoms with van der Waals surface area (Å²) in [7, 11) is 1.66. The number of methoxy groups -OCH3 is 1. The molecule has 1 heterocycles. The SMILES string of the molecule is CCC(CC)NC(=O)CSc1nnc(COc2ccccc2-c2ccccc2)n1CCOC. The van der Waals surface area contributed by atoms with Crippen LogP contribution in [0.3, 0.4) is 0 Å². The lowest BCUT2D eigenvalue weighted by atomic mass is 10.1. The van der Waals surface area contributed by atoms with Crippen LogP contribution in [-0.4, -0.2) is 46.2 Å². The van der Waals surface area contributed by atoms with E-state index in [9.17, 15) is 4.79 Å². The molecule has 0 aliphatic carbocycles. The highest BCUT2D eigenvalue weighted by atomic mass is 32.2. The second-order valence-electron chi connectivity index (χ2n) is 7.56. The first-order valence-electron chi connectivity index (χ1n) is 11.3. The van der Waals surface area contributed by atoms with Gasteiger partial charge in [0, 0.05) is 25.3 Å². The largest absolute Gasteiger partial charge is 0.485 e. The second kappa shape index (κ2) is 13.0. The molecule has 1 N–H and O–H groups in total. The summed E-state index contributed by atoms with van der Waals surface area (Å²) >= 11 is 1.38. The molecule has 0 unspecified atom stereocenters. The highest BCUT2D eigenvalue weighted by Crippen LogP contribution is 2.30. The summed E-state index contributed by atoms with van der Waals surface area (Å²) in [5.74, 6) is 1.77. The maximum absolute atomic E-state index is 12.3. The molecular weight excluding hydrogens is 436 g/mol. The van der Waals surface area contributed by atoms with Crippen LogP contribution in [0, 0.1) is 0 Å². The van der Waals surface area contributed by atoms with E-state index in [1.165, 1.54) is 11.8 Å². The van der Waals surface area contributed by atoms with Gasteiger partial charge < -0.3 is 19.4 Å². The highest BCUT2D eigenvalue weighted by Gasteiger charge is 2.16. The molecule has 176 valence electrons. The number of carbonyl (C=O) groups is 1. The minimum Gasteiger partial charge on any atom is -0.485 e. The van der Waals surface area contributed by atoms with Gasteiger partial charge in [-0.25, -0.2) is 0 Å². The Bertz CT molecular complexity index is 1010. The first-order valence-corrected chi connectivity index (χ1v) is 12.2. The molecule has 3 aromatic rings. The van der Waals surface area contributed by atoms with Crippen molar-refractivity contribution in [2.45, 2.75) is 51.0 Å². The number of nitrogens with one attached hydrogen (secondary N) is 1. The van der Waals surface area contributed by atoms with Crippen molar-refractivity contribution in [1.82, 2.24) is 20.1 Å². The number of thioether (sulfide) groups is 1. The number of hydrogen-bond donors (Lipinski definition) is 1. The van der Waals surface area contributed by atoms with Crippen LogP contribution in [0.5, 0.6) is 5.75 Å². The molecule has 0 saturated carbocycles. The molecule has 7 nitrogen and oxygen atoms in total. The minimum atomic E-state index is 0.00424. The third-order valence-corrected chi connectivity index (χ3v) is 6.29. The number of carbonyl (C=O) groups excluding carboxylic acids is 1. The molecule has 0 bridgehead atoms. The van der Waals surface area contributed by atoms with Gasteiger partial charge in [-0.2, -0.15) is 0 Å². The molecule has 0 aliphatic heterocycles. The summed E-state index contributed by atoms with van der Waals surface area (Å²) < 4.78 is 13.4. The normalized spacial score (nSPS) is 11.0. The molecule has 0 radical (unpaired) electrons. The average Bonchev–Trinajstić information content (AvgIpc) is 3.25. The molecule has 0 spiro atoms. The van der Waals surface area contributed by atoms with Gasteiger partial charge in [-0.3, -0.25) is 4.79 Å². The zero-order valence-corrected chi connectivity index (χ0v) is 20.3. The lowest BCUT2D eigenvalue weighted by molar-refractivity contribution is -0.119. The molecule has 1 amide bonds. The van der Waals surface area contributed by atoms with Crippen molar-refractivity contribution in [1.29, 1.82) is 0 Å².